The Hall–Kier alpha value is -1.59. The number of likely N-dealkylation sites (tertiary alicyclic amines) is 1. The normalized spacial score (nSPS) is 32.1. The second-order valence-corrected chi connectivity index (χ2v) is 7.40. The summed E-state index contributed by atoms with van der Waals surface area (Å²) in [6, 6.07) is -0.479. The Labute approximate surface area is 136 Å². The van der Waals surface area contributed by atoms with Gasteiger partial charge in [0.2, 0.25) is 5.91 Å². The number of amides is 4. The zero-order valence-corrected chi connectivity index (χ0v) is 13.6. The number of imide groups is 1. The van der Waals surface area contributed by atoms with Crippen molar-refractivity contribution in [3.8, 4) is 0 Å². The summed E-state index contributed by atoms with van der Waals surface area (Å²) in [5, 5.41) is 0. The van der Waals surface area contributed by atoms with Crippen LogP contribution in [0.5, 0.6) is 0 Å². The van der Waals surface area contributed by atoms with Gasteiger partial charge in [0.15, 0.2) is 0 Å². The Balaban J connectivity index is 1.41. The average molecular weight is 319 g/mol. The Bertz CT molecular complexity index is 507. The molecule has 0 spiro atoms. The van der Waals surface area contributed by atoms with Gasteiger partial charge in [-0.2, -0.15) is 0 Å². The minimum Gasteiger partial charge on any atom is -0.340 e. The Morgan fingerprint density at radius 2 is 1.70 bits per heavy atom. The maximum absolute atomic E-state index is 12.6. The molecule has 0 aromatic carbocycles. The third-order valence-corrected chi connectivity index (χ3v) is 6.02. The van der Waals surface area contributed by atoms with Crippen molar-refractivity contribution in [1.82, 2.24) is 14.7 Å². The number of carbonyl (C=O) groups excluding carboxylic acids is 3. The highest BCUT2D eigenvalue weighted by Gasteiger charge is 2.51. The van der Waals surface area contributed by atoms with Gasteiger partial charge >= 0.3 is 6.03 Å². The third kappa shape index (κ3) is 2.42. The van der Waals surface area contributed by atoms with Gasteiger partial charge in [-0.25, -0.2) is 4.79 Å². The van der Waals surface area contributed by atoms with E-state index in [9.17, 15) is 14.4 Å². The van der Waals surface area contributed by atoms with Gasteiger partial charge in [0.05, 0.1) is 6.04 Å². The highest BCUT2D eigenvalue weighted by molar-refractivity contribution is 6.05. The first-order valence-corrected chi connectivity index (χ1v) is 9.09. The molecular formula is C17H25N3O3. The van der Waals surface area contributed by atoms with Crippen molar-refractivity contribution in [2.45, 2.75) is 63.5 Å². The molecule has 126 valence electrons. The minimum atomic E-state index is -0.231. The van der Waals surface area contributed by atoms with Crippen molar-refractivity contribution in [3.63, 3.8) is 0 Å². The Morgan fingerprint density at radius 3 is 2.43 bits per heavy atom. The summed E-state index contributed by atoms with van der Waals surface area (Å²) in [7, 11) is 0. The zero-order valence-electron chi connectivity index (χ0n) is 13.6. The van der Waals surface area contributed by atoms with Crippen molar-refractivity contribution < 1.29 is 14.4 Å². The van der Waals surface area contributed by atoms with Crippen LogP contribution in [0.1, 0.15) is 51.4 Å². The molecule has 4 rings (SSSR count). The van der Waals surface area contributed by atoms with E-state index in [1.807, 2.05) is 4.90 Å². The zero-order chi connectivity index (χ0) is 16.0. The van der Waals surface area contributed by atoms with Gasteiger partial charge in [0.1, 0.15) is 6.04 Å². The van der Waals surface area contributed by atoms with E-state index in [4.69, 9.17) is 0 Å². The number of hydrogen-bond donors (Lipinski definition) is 0. The van der Waals surface area contributed by atoms with Gasteiger partial charge in [-0.05, 0) is 32.1 Å². The molecule has 4 amide bonds. The van der Waals surface area contributed by atoms with E-state index in [1.165, 1.54) is 11.3 Å². The average Bonchev–Trinajstić information content (AvgIpc) is 3.28. The van der Waals surface area contributed by atoms with Gasteiger partial charge in [0, 0.05) is 25.6 Å². The van der Waals surface area contributed by atoms with Crippen molar-refractivity contribution in [1.29, 1.82) is 0 Å². The van der Waals surface area contributed by atoms with Crippen LogP contribution in [-0.2, 0) is 9.59 Å². The van der Waals surface area contributed by atoms with Crippen LogP contribution < -0.4 is 0 Å². The topological polar surface area (TPSA) is 60.9 Å². The molecule has 3 heterocycles. The highest BCUT2D eigenvalue weighted by Crippen LogP contribution is 2.32. The van der Waals surface area contributed by atoms with E-state index in [2.05, 4.69) is 0 Å². The first kappa shape index (κ1) is 15.0. The van der Waals surface area contributed by atoms with Crippen molar-refractivity contribution in [2.24, 2.45) is 5.92 Å². The molecule has 3 saturated heterocycles. The standard InChI is InChI=1S/C17H25N3O3/c21-15(12-5-2-1-3-6-12)18-10-8-13(11-18)20-16(22)14-7-4-9-19(14)17(20)23/h12-14H,1-11H2/t13-,14-/m1/s1. The predicted octanol–water partition coefficient (Wildman–Crippen LogP) is 1.59. The fourth-order valence-corrected chi connectivity index (χ4v) is 4.74. The van der Waals surface area contributed by atoms with Crippen molar-refractivity contribution in [3.05, 3.63) is 0 Å². The summed E-state index contributed by atoms with van der Waals surface area (Å²) in [6.45, 7) is 1.91. The molecule has 23 heavy (non-hydrogen) atoms. The molecule has 0 radical (unpaired) electrons. The van der Waals surface area contributed by atoms with Crippen LogP contribution in [0.4, 0.5) is 4.79 Å². The molecule has 1 saturated carbocycles. The number of nitrogens with zero attached hydrogens (tertiary/aromatic N) is 3. The van der Waals surface area contributed by atoms with E-state index < -0.39 is 0 Å². The molecule has 0 aromatic heterocycles. The summed E-state index contributed by atoms with van der Waals surface area (Å²) >= 11 is 0. The predicted molar refractivity (Wildman–Crippen MR) is 83.5 cm³/mol. The maximum Gasteiger partial charge on any atom is 0.327 e. The first-order valence-electron chi connectivity index (χ1n) is 9.09. The third-order valence-electron chi connectivity index (χ3n) is 6.02. The van der Waals surface area contributed by atoms with Crippen LogP contribution in [-0.4, -0.2) is 64.3 Å². The molecule has 2 atom stereocenters. The van der Waals surface area contributed by atoms with E-state index in [0.717, 1.165) is 44.9 Å². The lowest BCUT2D eigenvalue weighted by Gasteiger charge is -2.27. The molecule has 4 aliphatic rings. The second-order valence-electron chi connectivity index (χ2n) is 7.40. The number of rotatable bonds is 2. The van der Waals surface area contributed by atoms with E-state index in [-0.39, 0.29) is 35.8 Å². The quantitative estimate of drug-likeness (QED) is 0.726. The number of fused-ring (bicyclic) bond motifs is 1. The van der Waals surface area contributed by atoms with E-state index >= 15 is 0 Å². The molecule has 6 heteroatoms. The number of hydrogen-bond acceptors (Lipinski definition) is 3. The summed E-state index contributed by atoms with van der Waals surface area (Å²) < 4.78 is 0. The van der Waals surface area contributed by atoms with Crippen LogP contribution in [0.25, 0.3) is 0 Å². The smallest absolute Gasteiger partial charge is 0.327 e. The summed E-state index contributed by atoms with van der Waals surface area (Å²) in [5.41, 5.74) is 0. The summed E-state index contributed by atoms with van der Waals surface area (Å²) in [5.74, 6) is 0.367. The first-order chi connectivity index (χ1) is 11.2. The lowest BCUT2D eigenvalue weighted by molar-refractivity contribution is -0.136. The van der Waals surface area contributed by atoms with Gasteiger partial charge in [-0.3, -0.25) is 14.5 Å². The molecule has 0 bridgehead atoms. The SMILES string of the molecule is O=C(C1CCCCC1)N1CC[C@@H](N2C(=O)[C@H]3CCCN3C2=O)C1. The number of urea groups is 1. The lowest BCUT2D eigenvalue weighted by Crippen LogP contribution is -2.44. The van der Waals surface area contributed by atoms with Crippen LogP contribution in [0.2, 0.25) is 0 Å². The van der Waals surface area contributed by atoms with E-state index in [0.29, 0.717) is 19.6 Å². The number of carbonyl (C=O) groups is 3. The molecular weight excluding hydrogens is 294 g/mol. The van der Waals surface area contributed by atoms with Crippen LogP contribution in [0.15, 0.2) is 0 Å². The molecule has 0 unspecified atom stereocenters. The molecule has 6 nitrogen and oxygen atoms in total. The molecule has 0 aromatic rings. The summed E-state index contributed by atoms with van der Waals surface area (Å²) in [6.07, 6.45) is 7.97. The van der Waals surface area contributed by atoms with Crippen LogP contribution in [0, 0.1) is 5.92 Å². The second kappa shape index (κ2) is 5.80. The fraction of sp³-hybridized carbons (Fsp3) is 0.824. The molecule has 0 N–H and O–H groups in total. The highest BCUT2D eigenvalue weighted by atomic mass is 16.2. The molecule has 3 aliphatic heterocycles. The van der Waals surface area contributed by atoms with Crippen molar-refractivity contribution >= 4 is 17.8 Å². The van der Waals surface area contributed by atoms with Gasteiger partial charge < -0.3 is 9.80 Å². The maximum atomic E-state index is 12.6. The van der Waals surface area contributed by atoms with Crippen molar-refractivity contribution in [2.75, 3.05) is 19.6 Å². The molecule has 4 fully saturated rings. The van der Waals surface area contributed by atoms with Gasteiger partial charge in [0.25, 0.3) is 5.91 Å². The van der Waals surface area contributed by atoms with Crippen LogP contribution in [0.3, 0.4) is 0 Å². The van der Waals surface area contributed by atoms with Crippen LogP contribution >= 0.6 is 0 Å². The monoisotopic (exact) mass is 319 g/mol. The minimum absolute atomic E-state index is 0.0375. The van der Waals surface area contributed by atoms with Gasteiger partial charge in [-0.15, -0.1) is 0 Å². The van der Waals surface area contributed by atoms with E-state index in [1.54, 1.807) is 4.90 Å². The Morgan fingerprint density at radius 1 is 0.913 bits per heavy atom. The summed E-state index contributed by atoms with van der Waals surface area (Å²) in [4.78, 5) is 42.7. The van der Waals surface area contributed by atoms with Gasteiger partial charge in [-0.1, -0.05) is 19.3 Å². The Kier molecular flexibility index (Phi) is 3.77. The molecule has 1 aliphatic carbocycles. The lowest BCUT2D eigenvalue weighted by atomic mass is 9.88. The largest absolute Gasteiger partial charge is 0.340 e. The fourth-order valence-electron chi connectivity index (χ4n) is 4.74.